The van der Waals surface area contributed by atoms with E-state index >= 15 is 0 Å². The predicted molar refractivity (Wildman–Crippen MR) is 77.4 cm³/mol. The average molecular weight is 283 g/mol. The maximum atomic E-state index is 12.9. The summed E-state index contributed by atoms with van der Waals surface area (Å²) in [5.74, 6) is 0.416. The third-order valence-corrected chi connectivity index (χ3v) is 2.80. The van der Waals surface area contributed by atoms with E-state index in [1.807, 2.05) is 0 Å². The summed E-state index contributed by atoms with van der Waals surface area (Å²) in [6, 6.07) is 6.28. The summed E-state index contributed by atoms with van der Waals surface area (Å²) in [5.41, 5.74) is 0.911. The number of nitrogens with zero attached hydrogens (tertiary/aromatic N) is 1. The number of hydrogen-bond donors (Lipinski definition) is 2. The van der Waals surface area contributed by atoms with Crippen molar-refractivity contribution in [3.63, 3.8) is 0 Å². The summed E-state index contributed by atoms with van der Waals surface area (Å²) in [6.07, 6.45) is -0.170. The summed E-state index contributed by atoms with van der Waals surface area (Å²) >= 11 is 0. The van der Waals surface area contributed by atoms with E-state index in [1.165, 1.54) is 12.1 Å². The molecule has 1 aromatic rings. The summed E-state index contributed by atoms with van der Waals surface area (Å²) < 4.78 is 23.3. The summed E-state index contributed by atoms with van der Waals surface area (Å²) in [4.78, 5) is 4.10. The third kappa shape index (κ3) is 5.54. The van der Waals surface area contributed by atoms with Crippen LogP contribution in [0.25, 0.3) is 0 Å². The average Bonchev–Trinajstić information content (AvgIpc) is 2.47. The van der Waals surface area contributed by atoms with Gasteiger partial charge in [0.15, 0.2) is 5.96 Å². The molecule has 0 amide bonds. The maximum absolute atomic E-state index is 12.9. The number of nitrogens with one attached hydrogen (secondary N) is 2. The van der Waals surface area contributed by atoms with Crippen molar-refractivity contribution in [3.8, 4) is 0 Å². The number of hydrogen-bond acceptors (Lipinski definition) is 3. The van der Waals surface area contributed by atoms with Crippen molar-refractivity contribution >= 4 is 5.96 Å². The fraction of sp³-hybridized carbons (Fsp3) is 0.500. The highest BCUT2D eigenvalue weighted by Gasteiger charge is 2.11. The minimum atomic E-state index is -0.256. The molecule has 5 nitrogen and oxygen atoms in total. The van der Waals surface area contributed by atoms with Crippen LogP contribution in [0.2, 0.25) is 0 Å². The molecule has 2 N–H and O–H groups in total. The Hall–Kier alpha value is -1.66. The lowest BCUT2D eigenvalue weighted by atomic mass is 10.1. The molecule has 1 unspecified atom stereocenters. The zero-order valence-corrected chi connectivity index (χ0v) is 12.1. The molecule has 0 saturated carbocycles. The van der Waals surface area contributed by atoms with Crippen molar-refractivity contribution in [1.82, 2.24) is 10.6 Å². The van der Waals surface area contributed by atoms with Crippen LogP contribution >= 0.6 is 0 Å². The van der Waals surface area contributed by atoms with Crippen LogP contribution in [0, 0.1) is 5.82 Å². The van der Waals surface area contributed by atoms with E-state index < -0.39 is 0 Å². The van der Waals surface area contributed by atoms with E-state index in [4.69, 9.17) is 9.47 Å². The Kier molecular flexibility index (Phi) is 7.60. The van der Waals surface area contributed by atoms with Crippen molar-refractivity contribution in [2.45, 2.75) is 6.10 Å². The summed E-state index contributed by atoms with van der Waals surface area (Å²) in [5, 5.41) is 6.27. The molecule has 0 bridgehead atoms. The van der Waals surface area contributed by atoms with Crippen molar-refractivity contribution in [2.75, 3.05) is 41.0 Å². The van der Waals surface area contributed by atoms with Crippen LogP contribution < -0.4 is 10.6 Å². The molecule has 6 heteroatoms. The number of ether oxygens (including phenoxy) is 2. The smallest absolute Gasteiger partial charge is 0.191 e. The Balaban J connectivity index is 2.49. The van der Waals surface area contributed by atoms with E-state index in [0.29, 0.717) is 25.7 Å². The molecule has 112 valence electrons. The van der Waals surface area contributed by atoms with Gasteiger partial charge >= 0.3 is 0 Å². The number of methoxy groups -OCH3 is 2. The van der Waals surface area contributed by atoms with Gasteiger partial charge in [0.25, 0.3) is 0 Å². The van der Waals surface area contributed by atoms with Crippen LogP contribution in [0.5, 0.6) is 0 Å². The first-order valence-corrected chi connectivity index (χ1v) is 6.43. The maximum Gasteiger partial charge on any atom is 0.191 e. The number of halogens is 1. The summed E-state index contributed by atoms with van der Waals surface area (Å²) in [6.45, 7) is 1.81. The van der Waals surface area contributed by atoms with Crippen LogP contribution in [0.15, 0.2) is 29.3 Å². The van der Waals surface area contributed by atoms with Gasteiger partial charge in [-0.15, -0.1) is 0 Å². The van der Waals surface area contributed by atoms with Gasteiger partial charge in [-0.3, -0.25) is 4.99 Å². The van der Waals surface area contributed by atoms with Crippen molar-refractivity contribution in [3.05, 3.63) is 35.6 Å². The molecule has 0 fully saturated rings. The number of rotatable bonds is 7. The molecule has 1 rings (SSSR count). The predicted octanol–water partition coefficient (Wildman–Crippen LogP) is 1.32. The molecule has 0 aliphatic rings. The Morgan fingerprint density at radius 3 is 2.50 bits per heavy atom. The van der Waals surface area contributed by atoms with Crippen LogP contribution in [-0.4, -0.2) is 46.9 Å². The lowest BCUT2D eigenvalue weighted by molar-refractivity contribution is 0.106. The zero-order chi connectivity index (χ0) is 14.8. The monoisotopic (exact) mass is 283 g/mol. The molecule has 0 spiro atoms. The van der Waals surface area contributed by atoms with E-state index in [-0.39, 0.29) is 11.9 Å². The third-order valence-electron chi connectivity index (χ3n) is 2.80. The normalized spacial score (nSPS) is 13.1. The molecular formula is C14H22FN3O2. The first-order chi connectivity index (χ1) is 9.71. The highest BCUT2D eigenvalue weighted by atomic mass is 19.1. The van der Waals surface area contributed by atoms with Gasteiger partial charge in [0.1, 0.15) is 5.82 Å². The molecule has 0 heterocycles. The van der Waals surface area contributed by atoms with Gasteiger partial charge in [0.05, 0.1) is 12.7 Å². The van der Waals surface area contributed by atoms with Gasteiger partial charge in [-0.1, -0.05) is 12.1 Å². The first kappa shape index (κ1) is 16.4. The van der Waals surface area contributed by atoms with Crippen LogP contribution in [-0.2, 0) is 9.47 Å². The second-order valence-electron chi connectivity index (χ2n) is 4.15. The van der Waals surface area contributed by atoms with Gasteiger partial charge in [-0.25, -0.2) is 4.39 Å². The SMILES string of the molecule is CN=C(NCCOC)NCC(OC)c1ccc(F)cc1. The number of aliphatic imine (C=N–C) groups is 1. The second kappa shape index (κ2) is 9.28. The lowest BCUT2D eigenvalue weighted by Gasteiger charge is -2.18. The minimum absolute atomic E-state index is 0.170. The van der Waals surface area contributed by atoms with Gasteiger partial charge in [-0.2, -0.15) is 0 Å². The molecule has 1 aromatic carbocycles. The van der Waals surface area contributed by atoms with Crippen molar-refractivity contribution in [1.29, 1.82) is 0 Å². The van der Waals surface area contributed by atoms with E-state index in [0.717, 1.165) is 5.56 Å². The highest BCUT2D eigenvalue weighted by Crippen LogP contribution is 2.15. The highest BCUT2D eigenvalue weighted by molar-refractivity contribution is 5.79. The molecule has 0 aliphatic heterocycles. The minimum Gasteiger partial charge on any atom is -0.383 e. The second-order valence-corrected chi connectivity index (χ2v) is 4.15. The van der Waals surface area contributed by atoms with Crippen LogP contribution in [0.1, 0.15) is 11.7 Å². The fourth-order valence-electron chi connectivity index (χ4n) is 1.70. The molecule has 20 heavy (non-hydrogen) atoms. The van der Waals surface area contributed by atoms with E-state index in [1.54, 1.807) is 33.4 Å². The molecule has 1 atom stereocenters. The molecular weight excluding hydrogens is 261 g/mol. The van der Waals surface area contributed by atoms with Gasteiger partial charge in [-0.05, 0) is 17.7 Å². The number of benzene rings is 1. The van der Waals surface area contributed by atoms with Crippen LogP contribution in [0.4, 0.5) is 4.39 Å². The first-order valence-electron chi connectivity index (χ1n) is 6.43. The topological polar surface area (TPSA) is 54.9 Å². The quantitative estimate of drug-likeness (QED) is 0.450. The Labute approximate surface area is 119 Å². The molecule has 0 radical (unpaired) electrons. The van der Waals surface area contributed by atoms with E-state index in [9.17, 15) is 4.39 Å². The van der Waals surface area contributed by atoms with Gasteiger partial charge in [0.2, 0.25) is 0 Å². The van der Waals surface area contributed by atoms with Gasteiger partial charge < -0.3 is 20.1 Å². The Morgan fingerprint density at radius 2 is 1.95 bits per heavy atom. The largest absolute Gasteiger partial charge is 0.383 e. The number of guanidine groups is 1. The van der Waals surface area contributed by atoms with Gasteiger partial charge in [0, 0.05) is 34.4 Å². The molecule has 0 aromatic heterocycles. The molecule has 0 aliphatic carbocycles. The lowest BCUT2D eigenvalue weighted by Crippen LogP contribution is -2.40. The Morgan fingerprint density at radius 1 is 1.25 bits per heavy atom. The van der Waals surface area contributed by atoms with Crippen molar-refractivity contribution in [2.24, 2.45) is 4.99 Å². The Bertz CT molecular complexity index is 409. The summed E-state index contributed by atoms with van der Waals surface area (Å²) in [7, 11) is 4.96. The molecule has 0 saturated heterocycles. The van der Waals surface area contributed by atoms with E-state index in [2.05, 4.69) is 15.6 Å². The zero-order valence-electron chi connectivity index (χ0n) is 12.1. The van der Waals surface area contributed by atoms with Crippen molar-refractivity contribution < 1.29 is 13.9 Å². The van der Waals surface area contributed by atoms with Crippen LogP contribution in [0.3, 0.4) is 0 Å². The fourth-order valence-corrected chi connectivity index (χ4v) is 1.70. The standard InChI is InChI=1S/C14H22FN3O2/c1-16-14(17-8-9-19-2)18-10-13(20-3)11-4-6-12(15)7-5-11/h4-7,13H,8-10H2,1-3H3,(H2,16,17,18).